The first-order chi connectivity index (χ1) is 7.72. The van der Waals surface area contributed by atoms with Crippen molar-refractivity contribution in [2.45, 2.75) is 19.8 Å². The summed E-state index contributed by atoms with van der Waals surface area (Å²) in [6.07, 6.45) is 7.20. The van der Waals surface area contributed by atoms with E-state index in [0.29, 0.717) is 12.5 Å². The van der Waals surface area contributed by atoms with Crippen molar-refractivity contribution < 1.29 is 4.39 Å². The van der Waals surface area contributed by atoms with Crippen LogP contribution in [0.3, 0.4) is 0 Å². The number of hydrogen-bond acceptors (Lipinski definition) is 1. The second kappa shape index (κ2) is 7.03. The van der Waals surface area contributed by atoms with Gasteiger partial charge in [-0.25, -0.2) is 4.39 Å². The van der Waals surface area contributed by atoms with Crippen LogP contribution in [0.4, 0.5) is 4.39 Å². The van der Waals surface area contributed by atoms with Gasteiger partial charge < -0.3 is 5.32 Å². The maximum Gasteiger partial charge on any atom is 0.123 e. The Balaban J connectivity index is 2.26. The van der Waals surface area contributed by atoms with Crippen LogP contribution in [0.5, 0.6) is 0 Å². The molecule has 0 amide bonds. The van der Waals surface area contributed by atoms with Crippen LogP contribution < -0.4 is 5.32 Å². The molecule has 1 atom stereocenters. The summed E-state index contributed by atoms with van der Waals surface area (Å²) >= 11 is 0. The van der Waals surface area contributed by atoms with Gasteiger partial charge in [0.2, 0.25) is 0 Å². The highest BCUT2D eigenvalue weighted by Crippen LogP contribution is 2.11. The Kier molecular flexibility index (Phi) is 5.60. The summed E-state index contributed by atoms with van der Waals surface area (Å²) in [6, 6.07) is 6.72. The van der Waals surface area contributed by atoms with Crippen LogP contribution in [0.15, 0.2) is 24.3 Å². The minimum Gasteiger partial charge on any atom is -0.306 e. The predicted octanol–water partition coefficient (Wildman–Crippen LogP) is 2.62. The van der Waals surface area contributed by atoms with E-state index >= 15 is 0 Å². The second-order valence-electron chi connectivity index (χ2n) is 4.11. The summed E-state index contributed by atoms with van der Waals surface area (Å²) in [5, 5.41) is 3.16. The van der Waals surface area contributed by atoms with Gasteiger partial charge in [0.05, 0.1) is 6.54 Å². The Bertz CT molecular complexity index is 337. The summed E-state index contributed by atoms with van der Waals surface area (Å²) in [5.41, 5.74) is 1.19. The second-order valence-corrected chi connectivity index (χ2v) is 4.11. The van der Waals surface area contributed by atoms with Crippen molar-refractivity contribution >= 4 is 0 Å². The van der Waals surface area contributed by atoms with Gasteiger partial charge in [0.25, 0.3) is 0 Å². The van der Waals surface area contributed by atoms with Crippen molar-refractivity contribution in [2.75, 3.05) is 13.1 Å². The van der Waals surface area contributed by atoms with E-state index in [4.69, 9.17) is 6.42 Å². The summed E-state index contributed by atoms with van der Waals surface area (Å²) in [6.45, 7) is 3.76. The first kappa shape index (κ1) is 12.7. The molecule has 1 N–H and O–H groups in total. The molecule has 86 valence electrons. The zero-order valence-corrected chi connectivity index (χ0v) is 9.67. The van der Waals surface area contributed by atoms with E-state index in [1.807, 2.05) is 12.1 Å². The molecule has 1 unspecified atom stereocenters. The molecule has 0 heterocycles. The third-order valence-corrected chi connectivity index (χ3v) is 2.54. The van der Waals surface area contributed by atoms with Gasteiger partial charge in [-0.15, -0.1) is 6.42 Å². The first-order valence-electron chi connectivity index (χ1n) is 5.61. The predicted molar refractivity (Wildman–Crippen MR) is 65.6 cm³/mol. The lowest BCUT2D eigenvalue weighted by Gasteiger charge is -2.11. The van der Waals surface area contributed by atoms with E-state index in [1.165, 1.54) is 17.7 Å². The molecule has 16 heavy (non-hydrogen) atoms. The van der Waals surface area contributed by atoms with E-state index in [9.17, 15) is 4.39 Å². The molecular weight excluding hydrogens is 201 g/mol. The molecule has 0 aliphatic carbocycles. The molecule has 2 heteroatoms. The number of terminal acetylenes is 1. The smallest absolute Gasteiger partial charge is 0.123 e. The first-order valence-corrected chi connectivity index (χ1v) is 5.61. The van der Waals surface area contributed by atoms with Gasteiger partial charge in [0, 0.05) is 0 Å². The van der Waals surface area contributed by atoms with Crippen molar-refractivity contribution in [1.82, 2.24) is 5.32 Å². The summed E-state index contributed by atoms with van der Waals surface area (Å²) in [4.78, 5) is 0. The molecular formula is C14H18FN. The van der Waals surface area contributed by atoms with Gasteiger partial charge in [0.1, 0.15) is 5.82 Å². The topological polar surface area (TPSA) is 12.0 Å². The van der Waals surface area contributed by atoms with Gasteiger partial charge >= 0.3 is 0 Å². The zero-order valence-electron chi connectivity index (χ0n) is 9.67. The number of halogens is 1. The molecule has 0 aromatic heterocycles. The van der Waals surface area contributed by atoms with Crippen LogP contribution in [-0.4, -0.2) is 13.1 Å². The van der Waals surface area contributed by atoms with Crippen molar-refractivity contribution in [2.24, 2.45) is 5.92 Å². The fourth-order valence-corrected chi connectivity index (χ4v) is 1.63. The van der Waals surface area contributed by atoms with Gasteiger partial charge in [-0.2, -0.15) is 0 Å². The van der Waals surface area contributed by atoms with E-state index in [-0.39, 0.29) is 5.82 Å². The van der Waals surface area contributed by atoms with Crippen LogP contribution in [0.1, 0.15) is 18.9 Å². The molecule has 0 saturated carbocycles. The highest BCUT2D eigenvalue weighted by molar-refractivity contribution is 5.16. The molecule has 1 aromatic carbocycles. The summed E-state index contributed by atoms with van der Waals surface area (Å²) in [7, 11) is 0. The lowest BCUT2D eigenvalue weighted by molar-refractivity contribution is 0.509. The number of nitrogens with one attached hydrogen (secondary N) is 1. The molecule has 1 nitrogen and oxygen atoms in total. The fraction of sp³-hybridized carbons (Fsp3) is 0.429. The van der Waals surface area contributed by atoms with Gasteiger partial charge in [0.15, 0.2) is 0 Å². The highest BCUT2D eigenvalue weighted by Gasteiger charge is 2.03. The van der Waals surface area contributed by atoms with Crippen molar-refractivity contribution in [3.8, 4) is 12.3 Å². The third-order valence-electron chi connectivity index (χ3n) is 2.54. The monoisotopic (exact) mass is 219 g/mol. The Morgan fingerprint density at radius 1 is 1.38 bits per heavy atom. The Morgan fingerprint density at radius 2 is 2.06 bits per heavy atom. The van der Waals surface area contributed by atoms with Crippen LogP contribution in [-0.2, 0) is 6.42 Å². The Morgan fingerprint density at radius 3 is 2.69 bits per heavy atom. The average molecular weight is 219 g/mol. The third kappa shape index (κ3) is 4.95. The van der Waals surface area contributed by atoms with E-state index in [1.54, 1.807) is 0 Å². The minimum absolute atomic E-state index is 0.174. The summed E-state index contributed by atoms with van der Waals surface area (Å²) in [5.74, 6) is 2.95. The molecule has 0 saturated heterocycles. The van der Waals surface area contributed by atoms with Crippen molar-refractivity contribution in [3.05, 3.63) is 35.6 Å². The minimum atomic E-state index is -0.174. The standard InChI is InChI=1S/C14H18FN/c1-3-9-16-10-8-12(2)11-13-4-6-14(15)7-5-13/h1,4-7,12,16H,8-11H2,2H3. The maximum absolute atomic E-state index is 12.7. The maximum atomic E-state index is 12.7. The Hall–Kier alpha value is -1.33. The molecule has 1 aromatic rings. The lowest BCUT2D eigenvalue weighted by Crippen LogP contribution is -2.18. The van der Waals surface area contributed by atoms with E-state index < -0.39 is 0 Å². The molecule has 0 spiro atoms. The van der Waals surface area contributed by atoms with Gasteiger partial charge in [-0.3, -0.25) is 0 Å². The number of benzene rings is 1. The SMILES string of the molecule is C#CCNCCC(C)Cc1ccc(F)cc1. The van der Waals surface area contributed by atoms with Crippen LogP contribution >= 0.6 is 0 Å². The van der Waals surface area contributed by atoms with Gasteiger partial charge in [-0.1, -0.05) is 25.0 Å². The normalized spacial score (nSPS) is 12.1. The number of rotatable bonds is 6. The molecule has 0 aliphatic rings. The fourth-order valence-electron chi connectivity index (χ4n) is 1.63. The van der Waals surface area contributed by atoms with Crippen LogP contribution in [0.2, 0.25) is 0 Å². The van der Waals surface area contributed by atoms with Crippen molar-refractivity contribution in [3.63, 3.8) is 0 Å². The molecule has 0 bridgehead atoms. The Labute approximate surface area is 97.1 Å². The van der Waals surface area contributed by atoms with E-state index in [0.717, 1.165) is 19.4 Å². The average Bonchev–Trinajstić information content (AvgIpc) is 2.28. The largest absolute Gasteiger partial charge is 0.306 e. The van der Waals surface area contributed by atoms with Crippen LogP contribution in [0.25, 0.3) is 0 Å². The highest BCUT2D eigenvalue weighted by atomic mass is 19.1. The van der Waals surface area contributed by atoms with Crippen molar-refractivity contribution in [1.29, 1.82) is 0 Å². The summed E-state index contributed by atoms with van der Waals surface area (Å²) < 4.78 is 12.7. The van der Waals surface area contributed by atoms with Gasteiger partial charge in [-0.05, 0) is 43.0 Å². The quantitative estimate of drug-likeness (QED) is 0.573. The molecule has 1 rings (SSSR count). The molecule has 0 aliphatic heterocycles. The zero-order chi connectivity index (χ0) is 11.8. The molecule has 0 radical (unpaired) electrons. The lowest BCUT2D eigenvalue weighted by atomic mass is 9.98. The van der Waals surface area contributed by atoms with Crippen LogP contribution in [0, 0.1) is 24.1 Å². The van der Waals surface area contributed by atoms with E-state index in [2.05, 4.69) is 18.2 Å². The molecule has 0 fully saturated rings. The number of hydrogen-bond donors (Lipinski definition) is 1.